The summed E-state index contributed by atoms with van der Waals surface area (Å²) >= 11 is 0. The predicted octanol–water partition coefficient (Wildman–Crippen LogP) is 3.37. The molecule has 144 valence electrons. The Balaban J connectivity index is 2.41. The molecule has 0 saturated carbocycles. The minimum Gasteiger partial charge on any atom is -0.497 e. The van der Waals surface area contributed by atoms with Crippen molar-refractivity contribution in [1.82, 2.24) is 0 Å². The van der Waals surface area contributed by atoms with Gasteiger partial charge in [0.25, 0.3) is 0 Å². The van der Waals surface area contributed by atoms with E-state index in [1.807, 2.05) is 39.8 Å². The van der Waals surface area contributed by atoms with Crippen LogP contribution in [0.4, 0.5) is 0 Å². The van der Waals surface area contributed by atoms with Crippen molar-refractivity contribution in [3.63, 3.8) is 0 Å². The van der Waals surface area contributed by atoms with E-state index in [1.54, 1.807) is 27.2 Å². The molecule has 0 radical (unpaired) electrons. The highest BCUT2D eigenvalue weighted by Gasteiger charge is 2.54. The van der Waals surface area contributed by atoms with Gasteiger partial charge in [-0.15, -0.1) is 0 Å². The first kappa shape index (κ1) is 20.6. The Morgan fingerprint density at radius 2 is 1.54 bits per heavy atom. The molecule has 1 saturated heterocycles. The average Bonchev–Trinajstić information content (AvgIpc) is 2.79. The van der Waals surface area contributed by atoms with E-state index >= 15 is 0 Å². The Morgan fingerprint density at radius 3 is 1.96 bits per heavy atom. The summed E-state index contributed by atoms with van der Waals surface area (Å²) in [7, 11) is 2.60. The number of benzene rings is 1. The van der Waals surface area contributed by atoms with Gasteiger partial charge in [-0.05, 0) is 52.3 Å². The normalized spacial score (nSPS) is 19.1. The van der Waals surface area contributed by atoms with Gasteiger partial charge in [0, 0.05) is 11.9 Å². The molecule has 0 amide bonds. The highest BCUT2D eigenvalue weighted by molar-refractivity contribution is 6.48. The van der Waals surface area contributed by atoms with Gasteiger partial charge in [-0.25, -0.2) is 0 Å². The van der Waals surface area contributed by atoms with E-state index in [0.717, 1.165) is 5.56 Å². The Morgan fingerprint density at radius 1 is 1.04 bits per heavy atom. The van der Waals surface area contributed by atoms with Crippen LogP contribution in [0.25, 0.3) is 0 Å². The highest BCUT2D eigenvalue weighted by Crippen LogP contribution is 2.42. The quantitative estimate of drug-likeness (QED) is 0.546. The van der Waals surface area contributed by atoms with E-state index in [9.17, 15) is 4.79 Å². The van der Waals surface area contributed by atoms with Crippen LogP contribution in [0.15, 0.2) is 18.2 Å². The maximum Gasteiger partial charge on any atom is 0.466 e. The zero-order chi connectivity index (χ0) is 19.5. The SMILES string of the molecule is CCOC(=O)CC(B1OC(C)(C)C(C)(C)O1)c1cc(OC)cc(OC)c1. The smallest absolute Gasteiger partial charge is 0.466 e. The van der Waals surface area contributed by atoms with Crippen molar-refractivity contribution in [2.24, 2.45) is 0 Å². The standard InChI is InChI=1S/C19H29BO6/c1-8-24-17(21)12-16(20-25-18(2,3)19(4,5)26-20)13-9-14(22-6)11-15(10-13)23-7/h9-11,16H,8,12H2,1-7H3. The fourth-order valence-electron chi connectivity index (χ4n) is 2.87. The predicted molar refractivity (Wildman–Crippen MR) is 99.6 cm³/mol. The molecule has 2 rings (SSSR count). The van der Waals surface area contributed by atoms with Crippen LogP contribution in [-0.2, 0) is 18.8 Å². The molecule has 1 atom stereocenters. The van der Waals surface area contributed by atoms with Crippen molar-refractivity contribution < 1.29 is 28.3 Å². The number of carbonyl (C=O) groups is 1. The third-order valence-electron chi connectivity index (χ3n) is 5.09. The van der Waals surface area contributed by atoms with Crippen LogP contribution < -0.4 is 9.47 Å². The van der Waals surface area contributed by atoms with Crippen molar-refractivity contribution in [2.75, 3.05) is 20.8 Å². The van der Waals surface area contributed by atoms with Gasteiger partial charge in [-0.3, -0.25) is 4.79 Å². The summed E-state index contributed by atoms with van der Waals surface area (Å²) < 4.78 is 28.3. The van der Waals surface area contributed by atoms with Gasteiger partial charge in [0.1, 0.15) is 11.5 Å². The molecule has 1 aliphatic heterocycles. The first-order chi connectivity index (χ1) is 12.1. The summed E-state index contributed by atoms with van der Waals surface area (Å²) in [5, 5.41) is 0. The summed E-state index contributed by atoms with van der Waals surface area (Å²) in [6.45, 7) is 10.1. The van der Waals surface area contributed by atoms with Crippen molar-refractivity contribution in [3.05, 3.63) is 23.8 Å². The summed E-state index contributed by atoms with van der Waals surface area (Å²) in [6.07, 6.45) is 0.140. The Hall–Kier alpha value is -1.73. The Labute approximate surface area is 156 Å². The monoisotopic (exact) mass is 364 g/mol. The second kappa shape index (κ2) is 7.88. The molecule has 26 heavy (non-hydrogen) atoms. The van der Waals surface area contributed by atoms with E-state index in [0.29, 0.717) is 18.1 Å². The lowest BCUT2D eigenvalue weighted by Crippen LogP contribution is -2.41. The van der Waals surface area contributed by atoms with Gasteiger partial charge >= 0.3 is 13.1 Å². The Kier molecular flexibility index (Phi) is 6.24. The molecule has 1 aromatic carbocycles. The van der Waals surface area contributed by atoms with Crippen molar-refractivity contribution >= 4 is 13.1 Å². The van der Waals surface area contributed by atoms with E-state index in [-0.39, 0.29) is 18.2 Å². The molecule has 1 aromatic rings. The molecule has 6 nitrogen and oxygen atoms in total. The largest absolute Gasteiger partial charge is 0.497 e. The van der Waals surface area contributed by atoms with E-state index in [1.165, 1.54) is 0 Å². The third-order valence-corrected chi connectivity index (χ3v) is 5.09. The van der Waals surface area contributed by atoms with Crippen molar-refractivity contribution in [3.8, 4) is 11.5 Å². The van der Waals surface area contributed by atoms with Crippen LogP contribution in [0.2, 0.25) is 0 Å². The molecule has 0 aliphatic carbocycles. The Bertz CT molecular complexity index is 605. The molecule has 0 bridgehead atoms. The first-order valence-corrected chi connectivity index (χ1v) is 8.87. The third kappa shape index (κ3) is 4.33. The topological polar surface area (TPSA) is 63.2 Å². The van der Waals surface area contributed by atoms with E-state index in [4.69, 9.17) is 23.5 Å². The lowest BCUT2D eigenvalue weighted by atomic mass is 9.66. The van der Waals surface area contributed by atoms with Gasteiger partial charge in [0.2, 0.25) is 0 Å². The van der Waals surface area contributed by atoms with Crippen LogP contribution in [0, 0.1) is 0 Å². The van der Waals surface area contributed by atoms with Gasteiger partial charge in [-0.1, -0.05) is 0 Å². The van der Waals surface area contributed by atoms with E-state index < -0.39 is 18.3 Å². The molecular weight excluding hydrogens is 335 g/mol. The van der Waals surface area contributed by atoms with Gasteiger partial charge in [0.05, 0.1) is 38.4 Å². The van der Waals surface area contributed by atoms with Crippen molar-refractivity contribution in [1.29, 1.82) is 0 Å². The maximum atomic E-state index is 12.2. The number of hydrogen-bond donors (Lipinski definition) is 0. The average molecular weight is 364 g/mol. The highest BCUT2D eigenvalue weighted by atomic mass is 16.7. The van der Waals surface area contributed by atoms with Crippen LogP contribution in [-0.4, -0.2) is 45.1 Å². The number of esters is 1. The number of ether oxygens (including phenoxy) is 3. The van der Waals surface area contributed by atoms with E-state index in [2.05, 4.69) is 0 Å². The summed E-state index contributed by atoms with van der Waals surface area (Å²) in [6, 6.07) is 5.53. The second-order valence-electron chi connectivity index (χ2n) is 7.39. The molecule has 0 N–H and O–H groups in total. The minimum absolute atomic E-state index is 0.140. The van der Waals surface area contributed by atoms with Crippen LogP contribution in [0.1, 0.15) is 52.4 Å². The van der Waals surface area contributed by atoms with Crippen molar-refractivity contribution in [2.45, 2.75) is 58.1 Å². The molecule has 1 aliphatic rings. The lowest BCUT2D eigenvalue weighted by molar-refractivity contribution is -0.143. The number of rotatable bonds is 7. The first-order valence-electron chi connectivity index (χ1n) is 8.87. The van der Waals surface area contributed by atoms with Crippen LogP contribution in [0.3, 0.4) is 0 Å². The lowest BCUT2D eigenvalue weighted by Gasteiger charge is -2.32. The number of hydrogen-bond acceptors (Lipinski definition) is 6. The molecule has 1 unspecified atom stereocenters. The minimum atomic E-state index is -0.582. The number of carbonyl (C=O) groups excluding carboxylic acids is 1. The molecule has 7 heteroatoms. The maximum absolute atomic E-state index is 12.2. The zero-order valence-corrected chi connectivity index (χ0v) is 16.8. The second-order valence-corrected chi connectivity index (χ2v) is 7.39. The molecule has 1 heterocycles. The number of methoxy groups -OCH3 is 2. The molecular formula is C19H29BO6. The fourth-order valence-corrected chi connectivity index (χ4v) is 2.87. The van der Waals surface area contributed by atoms with Gasteiger partial charge < -0.3 is 23.5 Å². The summed E-state index contributed by atoms with van der Waals surface area (Å²) in [5.74, 6) is 0.641. The molecule has 1 fully saturated rings. The van der Waals surface area contributed by atoms with Gasteiger partial charge in [-0.2, -0.15) is 0 Å². The zero-order valence-electron chi connectivity index (χ0n) is 16.8. The fraction of sp³-hybridized carbons (Fsp3) is 0.632. The molecule has 0 spiro atoms. The summed E-state index contributed by atoms with van der Waals surface area (Å²) in [5.41, 5.74) is -0.145. The van der Waals surface area contributed by atoms with Gasteiger partial charge in [0.15, 0.2) is 0 Å². The summed E-state index contributed by atoms with van der Waals surface area (Å²) in [4.78, 5) is 12.2. The van der Waals surface area contributed by atoms with Crippen LogP contribution >= 0.6 is 0 Å². The van der Waals surface area contributed by atoms with Crippen LogP contribution in [0.5, 0.6) is 11.5 Å². The molecule has 0 aromatic heterocycles.